The first-order valence-corrected chi connectivity index (χ1v) is 14.0. The van der Waals surface area contributed by atoms with E-state index >= 15 is 4.57 Å². The van der Waals surface area contributed by atoms with Gasteiger partial charge in [-0.1, -0.05) is 72.8 Å². The quantitative estimate of drug-likeness (QED) is 0.129. The molecule has 4 aromatic rings. The molecule has 0 aliphatic carbocycles. The number of hydrogen-bond acceptors (Lipinski definition) is 4. The Labute approximate surface area is 232 Å². The van der Waals surface area contributed by atoms with E-state index in [9.17, 15) is 0 Å². The number of halogens is 1. The van der Waals surface area contributed by atoms with E-state index < -0.39 is 13.2 Å². The molecule has 2 aliphatic rings. The molecular formula is C28H24INO3PV-. The molecule has 0 fully saturated rings. The van der Waals surface area contributed by atoms with Crippen LogP contribution >= 0.6 is 30.0 Å². The summed E-state index contributed by atoms with van der Waals surface area (Å²) in [4.78, 5) is 2.05. The SMILES string of the molecule is C[CH-]I.O=P1(C2c3ccccc3OCN2c2ccccc2)Oc2ccccc2-c2ccccc21.[V]. The second-order valence-electron chi connectivity index (χ2n) is 7.91. The van der Waals surface area contributed by atoms with E-state index in [1.807, 2.05) is 119 Å². The molecule has 4 aromatic carbocycles. The van der Waals surface area contributed by atoms with Gasteiger partial charge in [0.05, 0.1) is 5.30 Å². The third kappa shape index (κ3) is 4.80. The number of anilines is 1. The Hall–Kier alpha value is -2.18. The molecule has 177 valence electrons. The molecule has 0 aromatic heterocycles. The predicted octanol–water partition coefficient (Wildman–Crippen LogP) is 7.81. The fraction of sp³-hybridized carbons (Fsp3) is 0.107. The fourth-order valence-corrected chi connectivity index (χ4v) is 7.41. The molecule has 2 aliphatic heterocycles. The van der Waals surface area contributed by atoms with Gasteiger partial charge in [0.25, 0.3) is 0 Å². The third-order valence-electron chi connectivity index (χ3n) is 5.91. The first kappa shape index (κ1) is 25.9. The fourth-order valence-electron chi connectivity index (χ4n) is 4.52. The second-order valence-corrected chi connectivity index (χ2v) is 11.5. The van der Waals surface area contributed by atoms with Crippen molar-refractivity contribution in [1.82, 2.24) is 0 Å². The molecule has 2 unspecified atom stereocenters. The number of benzene rings is 4. The Morgan fingerprint density at radius 3 is 2.14 bits per heavy atom. The van der Waals surface area contributed by atoms with E-state index in [0.29, 0.717) is 12.5 Å². The van der Waals surface area contributed by atoms with Crippen LogP contribution in [0.1, 0.15) is 18.3 Å². The maximum absolute atomic E-state index is 15.0. The van der Waals surface area contributed by atoms with Crippen LogP contribution in [0.2, 0.25) is 0 Å². The number of fused-ring (bicyclic) bond motifs is 4. The molecule has 0 saturated heterocycles. The number of nitrogens with zero attached hydrogens (tertiary/aromatic N) is 1. The van der Waals surface area contributed by atoms with Gasteiger partial charge in [-0.15, -0.1) is 0 Å². The molecule has 4 nitrogen and oxygen atoms in total. The molecule has 2 heterocycles. The maximum atomic E-state index is 15.0. The minimum atomic E-state index is -3.42. The number of ether oxygens (including phenoxy) is 1. The van der Waals surface area contributed by atoms with Crippen molar-refractivity contribution in [2.45, 2.75) is 12.7 Å². The van der Waals surface area contributed by atoms with Crippen molar-refractivity contribution in [3.8, 4) is 22.6 Å². The van der Waals surface area contributed by atoms with Crippen molar-refractivity contribution in [3.63, 3.8) is 0 Å². The summed E-state index contributed by atoms with van der Waals surface area (Å²) < 4.78 is 29.5. The summed E-state index contributed by atoms with van der Waals surface area (Å²) in [6.45, 7) is 2.28. The van der Waals surface area contributed by atoms with Gasteiger partial charge in [-0.25, -0.2) is 0 Å². The van der Waals surface area contributed by atoms with Gasteiger partial charge < -0.3 is 36.8 Å². The largest absolute Gasteiger partial charge is 0.473 e. The number of hydrogen-bond donors (Lipinski definition) is 0. The summed E-state index contributed by atoms with van der Waals surface area (Å²) in [6, 6.07) is 33.5. The van der Waals surface area contributed by atoms with Crippen molar-refractivity contribution in [2.24, 2.45) is 0 Å². The smallest absolute Gasteiger partial charge is 0.304 e. The zero-order valence-electron chi connectivity index (χ0n) is 19.1. The van der Waals surface area contributed by atoms with E-state index in [2.05, 4.69) is 22.6 Å². The second kappa shape index (κ2) is 11.3. The van der Waals surface area contributed by atoms with Crippen LogP contribution in [-0.4, -0.2) is 6.73 Å². The Bertz CT molecular complexity index is 1350. The monoisotopic (exact) mass is 631 g/mol. The Balaban J connectivity index is 0.000000689. The van der Waals surface area contributed by atoms with Gasteiger partial charge in [0.15, 0.2) is 12.5 Å². The average molecular weight is 631 g/mol. The zero-order chi connectivity index (χ0) is 23.5. The molecule has 0 spiro atoms. The van der Waals surface area contributed by atoms with E-state index in [0.717, 1.165) is 33.4 Å². The molecule has 7 heteroatoms. The summed E-state index contributed by atoms with van der Waals surface area (Å²) >= 11 is 2.16. The van der Waals surface area contributed by atoms with E-state index in [1.54, 1.807) is 0 Å². The summed E-state index contributed by atoms with van der Waals surface area (Å²) in [6.07, 6.45) is 0. The van der Waals surface area contributed by atoms with E-state index in [1.165, 1.54) is 0 Å². The van der Waals surface area contributed by atoms with E-state index in [-0.39, 0.29) is 18.6 Å². The van der Waals surface area contributed by atoms with Crippen LogP contribution in [0.15, 0.2) is 103 Å². The van der Waals surface area contributed by atoms with Crippen LogP contribution in [0.4, 0.5) is 5.69 Å². The van der Waals surface area contributed by atoms with Crippen LogP contribution < -0.4 is 19.5 Å². The van der Waals surface area contributed by atoms with Crippen LogP contribution in [0.3, 0.4) is 0 Å². The van der Waals surface area contributed by atoms with Gasteiger partial charge >= 0.3 is 7.37 Å². The summed E-state index contributed by atoms with van der Waals surface area (Å²) in [7, 11) is -3.42. The average Bonchev–Trinajstić information content (AvgIpc) is 2.89. The Morgan fingerprint density at radius 2 is 1.40 bits per heavy atom. The predicted molar refractivity (Wildman–Crippen MR) is 147 cm³/mol. The third-order valence-corrected chi connectivity index (χ3v) is 8.64. The van der Waals surface area contributed by atoms with Crippen molar-refractivity contribution in [3.05, 3.63) is 113 Å². The zero-order valence-corrected chi connectivity index (χ0v) is 23.6. The van der Waals surface area contributed by atoms with Crippen LogP contribution in [-0.2, 0) is 23.1 Å². The minimum Gasteiger partial charge on any atom is -0.473 e. The normalized spacial score (nSPS) is 19.3. The Kier molecular flexibility index (Phi) is 8.33. The topological polar surface area (TPSA) is 38.8 Å². The standard InChI is InChI=1S/C26H20NO3P.C2H4I.V/c28-31(25-17-9-6-13-21(25)20-12-4-8-16-24(20)30-31)26-22-14-5-7-15-23(22)29-18-27(26)19-10-2-1-3-11-19;1-2-3;/h1-17,26H,18H2;2H,1H3;/q;-1;. The molecule has 0 amide bonds. The van der Waals surface area contributed by atoms with Crippen LogP contribution in [0.25, 0.3) is 11.1 Å². The van der Waals surface area contributed by atoms with Gasteiger partial charge in [0, 0.05) is 35.4 Å². The van der Waals surface area contributed by atoms with Crippen molar-refractivity contribution >= 4 is 41.0 Å². The molecule has 1 radical (unpaired) electrons. The molecule has 2 atom stereocenters. The molecule has 0 N–H and O–H groups in total. The molecular weight excluding hydrogens is 607 g/mol. The summed E-state index contributed by atoms with van der Waals surface area (Å²) in [5.74, 6) is 0.894. The first-order chi connectivity index (χ1) is 16.7. The van der Waals surface area contributed by atoms with Crippen molar-refractivity contribution < 1.29 is 32.4 Å². The molecule has 35 heavy (non-hydrogen) atoms. The number of rotatable bonds is 2. The van der Waals surface area contributed by atoms with Crippen molar-refractivity contribution in [1.29, 1.82) is 0 Å². The molecule has 0 saturated carbocycles. The van der Waals surface area contributed by atoms with Gasteiger partial charge in [-0.3, -0.25) is 8.99 Å². The van der Waals surface area contributed by atoms with Gasteiger partial charge in [-0.05, 0) is 35.9 Å². The van der Waals surface area contributed by atoms with Gasteiger partial charge in [0.1, 0.15) is 11.5 Å². The maximum Gasteiger partial charge on any atom is 0.304 e. The van der Waals surface area contributed by atoms with Crippen LogP contribution in [0.5, 0.6) is 11.5 Å². The van der Waals surface area contributed by atoms with Gasteiger partial charge in [-0.2, -0.15) is 6.92 Å². The summed E-state index contributed by atoms with van der Waals surface area (Å²) in [5, 5.41) is 0.747. The number of para-hydroxylation sites is 3. The minimum absolute atomic E-state index is 0. The van der Waals surface area contributed by atoms with Crippen LogP contribution in [0, 0.1) is 4.43 Å². The Morgan fingerprint density at radius 1 is 0.829 bits per heavy atom. The van der Waals surface area contributed by atoms with E-state index in [4.69, 9.17) is 9.26 Å². The summed E-state index contributed by atoms with van der Waals surface area (Å²) in [5.41, 5.74) is 3.74. The van der Waals surface area contributed by atoms with Gasteiger partial charge in [0.2, 0.25) is 0 Å². The van der Waals surface area contributed by atoms with Crippen molar-refractivity contribution in [2.75, 3.05) is 11.6 Å². The molecule has 6 rings (SSSR count). The first-order valence-electron chi connectivity index (χ1n) is 11.1. The molecule has 0 bridgehead atoms.